The van der Waals surface area contributed by atoms with Gasteiger partial charge in [-0.05, 0) is 84.0 Å². The highest BCUT2D eigenvalue weighted by molar-refractivity contribution is 8.08. The van der Waals surface area contributed by atoms with E-state index in [-0.39, 0.29) is 58.3 Å². The molecule has 0 aliphatic carbocycles. The fourth-order valence-electron chi connectivity index (χ4n) is 9.53. The van der Waals surface area contributed by atoms with Crippen LogP contribution in [-0.4, -0.2) is 147 Å². The van der Waals surface area contributed by atoms with Crippen LogP contribution in [0.3, 0.4) is 0 Å². The van der Waals surface area contributed by atoms with Crippen molar-refractivity contribution in [1.29, 1.82) is 0 Å². The molecule has 6 aromatic rings. The number of aryl methyl sites for hydroxylation is 1. The molecule has 27 nitrogen and oxygen atoms in total. The highest BCUT2D eigenvalue weighted by Crippen LogP contribution is 2.37. The molecular formula is C63H66N12O15S2. The van der Waals surface area contributed by atoms with E-state index in [2.05, 4.69) is 48.1 Å². The van der Waals surface area contributed by atoms with Crippen LogP contribution in [-0.2, 0) is 78.4 Å². The highest BCUT2D eigenvalue weighted by atomic mass is 32.2. The molecule has 0 bridgehead atoms. The summed E-state index contributed by atoms with van der Waals surface area (Å²) in [5.41, 5.74) is 19.9. The maximum absolute atomic E-state index is 14.7. The number of nitrogens with zero attached hydrogens (tertiary/aromatic N) is 1. The third kappa shape index (κ3) is 19.1. The Bertz CT molecular complexity index is 3670. The summed E-state index contributed by atoms with van der Waals surface area (Å²) in [6, 6.07) is 25.6. The maximum atomic E-state index is 14.7. The Kier molecular flexibility index (Phi) is 23.4. The first-order valence-electron chi connectivity index (χ1n) is 28.8. The number of aromatic hydroxyl groups is 2. The van der Waals surface area contributed by atoms with Gasteiger partial charge in [-0.3, -0.25) is 68.5 Å². The van der Waals surface area contributed by atoms with E-state index in [4.69, 9.17) is 15.9 Å². The van der Waals surface area contributed by atoms with Crippen molar-refractivity contribution in [2.24, 2.45) is 11.5 Å². The maximum Gasteiger partial charge on any atom is 0.336 e. The second-order valence-electron chi connectivity index (χ2n) is 21.4. The molecule has 0 radical (unpaired) electrons. The fourth-order valence-corrected chi connectivity index (χ4v) is 11.9. The molecule has 0 spiro atoms. The van der Waals surface area contributed by atoms with Crippen LogP contribution in [0.1, 0.15) is 34.2 Å². The molecule has 11 amide bonds. The lowest BCUT2D eigenvalue weighted by molar-refractivity contribution is -0.137. The number of phenolic OH excluding ortho intramolecular Hbond substituents is 2. The molecule has 29 heteroatoms. The van der Waals surface area contributed by atoms with E-state index in [1.54, 1.807) is 79.7 Å². The molecule has 2 aliphatic heterocycles. The van der Waals surface area contributed by atoms with Crippen LogP contribution in [0.5, 0.6) is 11.5 Å². The first kappa shape index (κ1) is 67.6. The van der Waals surface area contributed by atoms with Gasteiger partial charge in [0.15, 0.2) is 0 Å². The quantitative estimate of drug-likeness (QED) is 0.0442. The number of benzene rings is 5. The zero-order valence-electron chi connectivity index (χ0n) is 49.4. The molecule has 92 heavy (non-hydrogen) atoms. The molecule has 1 aromatic heterocycles. The Hall–Kier alpha value is -10.4. The van der Waals surface area contributed by atoms with E-state index in [9.17, 15) is 67.7 Å². The van der Waals surface area contributed by atoms with Gasteiger partial charge in [0.25, 0.3) is 23.6 Å². The Morgan fingerprint density at radius 2 is 1.03 bits per heavy atom. The summed E-state index contributed by atoms with van der Waals surface area (Å²) in [7, 11) is 0. The second kappa shape index (κ2) is 31.9. The third-order valence-electron chi connectivity index (χ3n) is 14.4. The van der Waals surface area contributed by atoms with Gasteiger partial charge in [-0.15, -0.1) is 23.5 Å². The number of carbonyl (C=O) groups excluding carboxylic acids is 11. The number of hydrazine groups is 1. The molecule has 6 atom stereocenters. The summed E-state index contributed by atoms with van der Waals surface area (Å²) < 4.78 is 5.32. The SMILES string of the molecule is Cc1cc(=O)oc2cc(NC(=O)CCN3C(=O)C4=C(SC[C@@H](NC(=O)[C@@H](N)Cc5ccc(O)cc5)C(=O)NCC(=O)N[C@@H](Cc5ccccc5)C(=O)NNC(=O)[C@H](Cc5ccccc5)NC(=O)CNC(=O)[C@H](NC(=O)[C@@H](N)Cc5ccc(O)cc5)CS4)C3=O)ccc12. The lowest BCUT2D eigenvalue weighted by Gasteiger charge is -2.23. The summed E-state index contributed by atoms with van der Waals surface area (Å²) in [6.45, 7) is -0.468. The molecule has 0 fully saturated rings. The van der Waals surface area contributed by atoms with Crippen molar-refractivity contribution in [3.8, 4) is 11.5 Å². The molecule has 2 aliphatic rings. The van der Waals surface area contributed by atoms with Gasteiger partial charge in [0, 0.05) is 60.5 Å². The smallest absolute Gasteiger partial charge is 0.336 e. The Morgan fingerprint density at radius 3 is 1.48 bits per heavy atom. The van der Waals surface area contributed by atoms with Crippen molar-refractivity contribution in [2.75, 3.05) is 36.5 Å². The number of rotatable bonds is 16. The van der Waals surface area contributed by atoms with Crippen molar-refractivity contribution in [3.05, 3.63) is 182 Å². The van der Waals surface area contributed by atoms with Gasteiger partial charge in [0.05, 0.1) is 35.0 Å². The number of hydrogen-bond acceptors (Lipinski definition) is 19. The van der Waals surface area contributed by atoms with Gasteiger partial charge >= 0.3 is 5.63 Å². The van der Waals surface area contributed by atoms with Gasteiger partial charge in [-0.2, -0.15) is 0 Å². The number of fused-ring (bicyclic) bond motifs is 1. The van der Waals surface area contributed by atoms with Crippen LogP contribution in [0.25, 0.3) is 11.0 Å². The van der Waals surface area contributed by atoms with Crippen LogP contribution in [0, 0.1) is 6.92 Å². The van der Waals surface area contributed by atoms with Gasteiger partial charge in [0.1, 0.15) is 41.2 Å². The van der Waals surface area contributed by atoms with E-state index < -0.39 is 144 Å². The zero-order valence-corrected chi connectivity index (χ0v) is 51.0. The largest absolute Gasteiger partial charge is 0.508 e. The van der Waals surface area contributed by atoms with Crippen LogP contribution >= 0.6 is 23.5 Å². The number of carbonyl (C=O) groups is 11. The van der Waals surface area contributed by atoms with Crippen LogP contribution < -0.4 is 65.2 Å². The summed E-state index contributed by atoms with van der Waals surface area (Å²) in [4.78, 5) is 167. The Labute approximate surface area is 534 Å². The first-order valence-corrected chi connectivity index (χ1v) is 30.7. The molecule has 8 rings (SSSR count). The van der Waals surface area contributed by atoms with Gasteiger partial charge < -0.3 is 63.3 Å². The van der Waals surface area contributed by atoms with E-state index in [0.29, 0.717) is 56.7 Å². The van der Waals surface area contributed by atoms with E-state index in [0.717, 1.165) is 4.90 Å². The third-order valence-corrected chi connectivity index (χ3v) is 16.9. The topological polar surface area (TPSA) is 422 Å². The van der Waals surface area contributed by atoms with Crippen LogP contribution in [0.4, 0.5) is 5.69 Å². The number of amides is 11. The lowest BCUT2D eigenvalue weighted by Crippen LogP contribution is -2.59. The summed E-state index contributed by atoms with van der Waals surface area (Å²) in [5, 5.41) is 38.1. The number of thioether (sulfide) groups is 2. The average Bonchev–Trinajstić information content (AvgIpc) is 1.65. The zero-order chi connectivity index (χ0) is 66.0. The number of phenols is 2. The molecule has 0 saturated carbocycles. The van der Waals surface area contributed by atoms with E-state index in [1.807, 2.05) is 0 Å². The Balaban J connectivity index is 1.12. The van der Waals surface area contributed by atoms with Crippen molar-refractivity contribution < 1.29 is 67.4 Å². The molecule has 5 aromatic carbocycles. The molecule has 3 heterocycles. The van der Waals surface area contributed by atoms with Gasteiger partial charge in [-0.25, -0.2) is 4.79 Å². The number of imide groups is 1. The predicted molar refractivity (Wildman–Crippen MR) is 339 cm³/mol. The lowest BCUT2D eigenvalue weighted by atomic mass is 10.0. The van der Waals surface area contributed by atoms with E-state index in [1.165, 1.54) is 60.7 Å². The number of nitrogens with two attached hydrogens (primary N) is 2. The molecule has 0 unspecified atom stereocenters. The van der Waals surface area contributed by atoms with Crippen molar-refractivity contribution in [2.45, 2.75) is 75.3 Å². The van der Waals surface area contributed by atoms with Crippen molar-refractivity contribution in [1.82, 2.24) is 47.7 Å². The minimum Gasteiger partial charge on any atom is -0.508 e. The predicted octanol–water partition coefficient (Wildman–Crippen LogP) is -0.154. The molecule has 0 saturated heterocycles. The standard InChI is InChI=1S/C63H66N12O15S2/c1-34-24-53(81)90-49-29-39(16-21-42(34)49)68-50(78)22-23-75-62(88)54-55(63(75)89)92-33-48(72-57(83)44(65)26-38-14-19-41(77)20-15-38)59(85)67-31-52(80)70-46(28-36-10-6-3-7-11-36)61(87)74-73-60(86)45(27-35-8-4-2-5-9-35)69-51(79)30-66-58(84)47(32-91-54)71-56(82)43(64)25-37-12-17-40(76)18-13-37/h2-21,24,29,43-48,76-77H,22-23,25-28,30-33,64-65H2,1H3,(H,66,84)(H,67,85)(H,68,78)(H,69,79)(H,70,80)(H,71,82)(H,72,83)(H,73,86)(H,74,87)/t43-,44-,45-,46-,47+,48+/m0/s1. The number of nitrogens with one attached hydrogen (secondary N) is 9. The van der Waals surface area contributed by atoms with Crippen LogP contribution in [0.15, 0.2) is 152 Å². The normalized spacial score (nSPS) is 19.0. The second-order valence-corrected chi connectivity index (χ2v) is 23.5. The fraction of sp³-hybridized carbons (Fsp3) is 0.270. The average molecular weight is 1300 g/mol. The number of hydrogen-bond donors (Lipinski definition) is 13. The molecular weight excluding hydrogens is 1230 g/mol. The van der Waals surface area contributed by atoms with E-state index >= 15 is 0 Å². The van der Waals surface area contributed by atoms with Gasteiger partial charge in [-0.1, -0.05) is 84.9 Å². The van der Waals surface area contributed by atoms with Crippen LogP contribution in [0.2, 0.25) is 0 Å². The minimum atomic E-state index is -1.66. The number of anilines is 1. The van der Waals surface area contributed by atoms with Crippen molar-refractivity contribution >= 4 is 105 Å². The van der Waals surface area contributed by atoms with Gasteiger partial charge in [0.2, 0.25) is 41.4 Å². The summed E-state index contributed by atoms with van der Waals surface area (Å²) in [5.74, 6) is -11.4. The van der Waals surface area contributed by atoms with Crippen molar-refractivity contribution in [3.63, 3.8) is 0 Å². The minimum absolute atomic E-state index is 0.0539. The molecule has 480 valence electrons. The molecule has 15 N–H and O–H groups in total. The summed E-state index contributed by atoms with van der Waals surface area (Å²) in [6.07, 6.45) is -0.951. The summed E-state index contributed by atoms with van der Waals surface area (Å²) >= 11 is 1.21. The monoisotopic (exact) mass is 1290 g/mol. The first-order chi connectivity index (χ1) is 44.1. The highest BCUT2D eigenvalue weighted by Gasteiger charge is 2.41. The Morgan fingerprint density at radius 1 is 0.587 bits per heavy atom.